The fourth-order valence-corrected chi connectivity index (χ4v) is 1.04. The molecule has 2 aromatic rings. The van der Waals surface area contributed by atoms with Gasteiger partial charge in [-0.2, -0.15) is 0 Å². The predicted octanol–water partition coefficient (Wildman–Crippen LogP) is 1.16. The molecule has 0 amide bonds. The molecule has 0 bridgehead atoms. The quantitative estimate of drug-likeness (QED) is 0.720. The molecule has 0 saturated heterocycles. The number of hydrogen-bond acceptors (Lipinski definition) is 3. The Labute approximate surface area is 69.6 Å². The van der Waals surface area contributed by atoms with E-state index >= 15 is 0 Å². The fraction of sp³-hybridized carbons (Fsp3) is 0.250. The third-order valence-corrected chi connectivity index (χ3v) is 1.53. The predicted molar refractivity (Wildman–Crippen MR) is 43.9 cm³/mol. The Morgan fingerprint density at radius 3 is 3.42 bits per heavy atom. The lowest BCUT2D eigenvalue weighted by atomic mass is 10.4. The number of nitrogens with one attached hydrogen (secondary N) is 1. The summed E-state index contributed by atoms with van der Waals surface area (Å²) in [5, 5.41) is 0. The van der Waals surface area contributed by atoms with Crippen LogP contribution in [0, 0.1) is 6.33 Å². The van der Waals surface area contributed by atoms with Gasteiger partial charge < -0.3 is 9.72 Å². The highest BCUT2D eigenvalue weighted by Gasteiger charge is 2.03. The molecule has 2 rings (SSSR count). The van der Waals surface area contributed by atoms with Crippen LogP contribution in [-0.4, -0.2) is 21.6 Å². The normalized spacial score (nSPS) is 10.4. The molecule has 0 aliphatic heterocycles. The second-order valence-electron chi connectivity index (χ2n) is 2.29. The summed E-state index contributed by atoms with van der Waals surface area (Å²) in [7, 11) is 0. The molecule has 0 aromatic carbocycles. The van der Waals surface area contributed by atoms with Crippen LogP contribution in [0.4, 0.5) is 0 Å². The zero-order valence-electron chi connectivity index (χ0n) is 6.66. The van der Waals surface area contributed by atoms with Crippen molar-refractivity contribution in [2.24, 2.45) is 0 Å². The molecule has 0 unspecified atom stereocenters. The minimum atomic E-state index is 0.631. The first-order valence-electron chi connectivity index (χ1n) is 3.75. The number of ether oxygens (including phenoxy) is 1. The third-order valence-electron chi connectivity index (χ3n) is 1.53. The van der Waals surface area contributed by atoms with E-state index in [-0.39, 0.29) is 0 Å². The van der Waals surface area contributed by atoms with Gasteiger partial charge in [-0.1, -0.05) is 0 Å². The molecule has 0 aliphatic carbocycles. The Morgan fingerprint density at radius 2 is 2.58 bits per heavy atom. The number of H-pyrrole nitrogens is 1. The lowest BCUT2D eigenvalue weighted by molar-refractivity contribution is 0.343. The highest BCUT2D eigenvalue weighted by atomic mass is 16.5. The maximum Gasteiger partial charge on any atom is 0.176 e. The molecule has 0 spiro atoms. The SMILES string of the molecule is CCOc1ccnc2[nH][c]nc12. The van der Waals surface area contributed by atoms with Gasteiger partial charge in [0.15, 0.2) is 17.5 Å². The Balaban J connectivity index is 2.57. The number of aromatic nitrogens is 3. The molecular weight excluding hydrogens is 154 g/mol. The van der Waals surface area contributed by atoms with Gasteiger partial charge in [-0.25, -0.2) is 9.97 Å². The molecule has 61 valence electrons. The van der Waals surface area contributed by atoms with Gasteiger partial charge in [-0.3, -0.25) is 0 Å². The number of aromatic amines is 1. The van der Waals surface area contributed by atoms with Crippen LogP contribution < -0.4 is 4.74 Å². The number of rotatable bonds is 2. The van der Waals surface area contributed by atoms with Crippen molar-refractivity contribution in [3.63, 3.8) is 0 Å². The first-order valence-corrected chi connectivity index (χ1v) is 3.75. The second kappa shape index (κ2) is 2.81. The number of imidazole rings is 1. The standard InChI is InChI=1S/C8H8N3O/c1-2-12-6-3-4-9-8-7(6)10-5-11-8/h3-4H,2H2,1H3,(H,9,10,11). The molecule has 0 aliphatic rings. The Bertz CT molecular complexity index is 382. The van der Waals surface area contributed by atoms with Crippen LogP contribution in [0.1, 0.15) is 6.92 Å². The number of fused-ring (bicyclic) bond motifs is 1. The van der Waals surface area contributed by atoms with E-state index in [0.717, 1.165) is 11.3 Å². The molecule has 1 radical (unpaired) electrons. The molecule has 12 heavy (non-hydrogen) atoms. The Kier molecular flexibility index (Phi) is 1.66. The van der Waals surface area contributed by atoms with Crippen LogP contribution in [-0.2, 0) is 0 Å². The van der Waals surface area contributed by atoms with Crippen molar-refractivity contribution >= 4 is 11.2 Å². The van der Waals surface area contributed by atoms with Gasteiger partial charge in [0.1, 0.15) is 5.75 Å². The van der Waals surface area contributed by atoms with Gasteiger partial charge in [-0.15, -0.1) is 0 Å². The highest BCUT2D eigenvalue weighted by molar-refractivity contribution is 5.76. The number of pyridine rings is 1. The van der Waals surface area contributed by atoms with Crippen molar-refractivity contribution < 1.29 is 4.74 Å². The summed E-state index contributed by atoms with van der Waals surface area (Å²) in [4.78, 5) is 10.8. The first kappa shape index (κ1) is 7.09. The average molecular weight is 162 g/mol. The molecule has 2 aromatic heterocycles. The molecule has 4 nitrogen and oxygen atoms in total. The van der Waals surface area contributed by atoms with E-state index in [4.69, 9.17) is 4.74 Å². The Morgan fingerprint density at radius 1 is 1.67 bits per heavy atom. The van der Waals surface area contributed by atoms with Gasteiger partial charge >= 0.3 is 0 Å². The van der Waals surface area contributed by atoms with Gasteiger partial charge in [-0.05, 0) is 6.92 Å². The number of hydrogen-bond donors (Lipinski definition) is 1. The molecule has 2 heterocycles. The van der Waals surface area contributed by atoms with Gasteiger partial charge in [0.05, 0.1) is 6.61 Å². The minimum Gasteiger partial charge on any atom is -0.491 e. The summed E-state index contributed by atoms with van der Waals surface area (Å²) in [5.74, 6) is 0.750. The van der Waals surface area contributed by atoms with Crippen molar-refractivity contribution in [3.8, 4) is 5.75 Å². The van der Waals surface area contributed by atoms with E-state index in [1.54, 1.807) is 12.3 Å². The molecule has 0 fully saturated rings. The van der Waals surface area contributed by atoms with E-state index in [1.165, 1.54) is 0 Å². The minimum absolute atomic E-state index is 0.631. The molecule has 0 atom stereocenters. The molecule has 1 N–H and O–H groups in total. The summed E-state index contributed by atoms with van der Waals surface area (Å²) < 4.78 is 5.33. The largest absolute Gasteiger partial charge is 0.491 e. The summed E-state index contributed by atoms with van der Waals surface area (Å²) in [6, 6.07) is 1.79. The van der Waals surface area contributed by atoms with Crippen LogP contribution in [0.3, 0.4) is 0 Å². The van der Waals surface area contributed by atoms with Crippen LogP contribution in [0.15, 0.2) is 12.3 Å². The lowest BCUT2D eigenvalue weighted by Crippen LogP contribution is -1.92. The van der Waals surface area contributed by atoms with E-state index < -0.39 is 0 Å². The van der Waals surface area contributed by atoms with Crippen molar-refractivity contribution in [1.82, 2.24) is 15.0 Å². The van der Waals surface area contributed by atoms with Crippen LogP contribution in [0.25, 0.3) is 11.2 Å². The zero-order chi connectivity index (χ0) is 8.39. The average Bonchev–Trinajstić information content (AvgIpc) is 2.53. The monoisotopic (exact) mass is 162 g/mol. The lowest BCUT2D eigenvalue weighted by Gasteiger charge is -2.01. The van der Waals surface area contributed by atoms with Crippen LogP contribution >= 0.6 is 0 Å². The maximum atomic E-state index is 5.33. The zero-order valence-corrected chi connectivity index (χ0v) is 6.66. The summed E-state index contributed by atoms with van der Waals surface area (Å²) in [5.41, 5.74) is 1.44. The van der Waals surface area contributed by atoms with Crippen LogP contribution in [0.2, 0.25) is 0 Å². The summed E-state index contributed by atoms with van der Waals surface area (Å²) >= 11 is 0. The van der Waals surface area contributed by atoms with Crippen LogP contribution in [0.5, 0.6) is 5.75 Å². The van der Waals surface area contributed by atoms with E-state index in [9.17, 15) is 0 Å². The summed E-state index contributed by atoms with van der Waals surface area (Å²) in [6.45, 7) is 2.56. The van der Waals surface area contributed by atoms with Crippen molar-refractivity contribution in [1.29, 1.82) is 0 Å². The molecule has 4 heteroatoms. The maximum absolute atomic E-state index is 5.33. The fourth-order valence-electron chi connectivity index (χ4n) is 1.04. The van der Waals surface area contributed by atoms with E-state index in [1.807, 2.05) is 6.92 Å². The van der Waals surface area contributed by atoms with Gasteiger partial charge in [0.2, 0.25) is 0 Å². The number of nitrogens with zero attached hydrogens (tertiary/aromatic N) is 2. The van der Waals surface area contributed by atoms with Gasteiger partial charge in [0, 0.05) is 12.3 Å². The second-order valence-corrected chi connectivity index (χ2v) is 2.29. The smallest absolute Gasteiger partial charge is 0.176 e. The third kappa shape index (κ3) is 1.01. The topological polar surface area (TPSA) is 50.8 Å². The van der Waals surface area contributed by atoms with Crippen molar-refractivity contribution in [2.75, 3.05) is 6.61 Å². The molecular formula is C8H8N3O. The van der Waals surface area contributed by atoms with Crippen molar-refractivity contribution in [3.05, 3.63) is 18.6 Å². The Hall–Kier alpha value is -1.58. The highest BCUT2D eigenvalue weighted by Crippen LogP contribution is 2.19. The van der Waals surface area contributed by atoms with E-state index in [0.29, 0.717) is 12.3 Å². The summed E-state index contributed by atoms with van der Waals surface area (Å²) in [6.07, 6.45) is 4.30. The van der Waals surface area contributed by atoms with Crippen molar-refractivity contribution in [2.45, 2.75) is 6.92 Å². The molecule has 0 saturated carbocycles. The van der Waals surface area contributed by atoms with E-state index in [2.05, 4.69) is 21.3 Å². The van der Waals surface area contributed by atoms with Gasteiger partial charge in [0.25, 0.3) is 0 Å². The first-order chi connectivity index (χ1) is 5.92.